The zero-order valence-corrected chi connectivity index (χ0v) is 11.6. The number of anilines is 2. The van der Waals surface area contributed by atoms with Crippen LogP contribution in [0.5, 0.6) is 0 Å². The van der Waals surface area contributed by atoms with Crippen LogP contribution in [0.1, 0.15) is 20.3 Å². The van der Waals surface area contributed by atoms with Crippen molar-refractivity contribution in [2.45, 2.75) is 20.3 Å². The Morgan fingerprint density at radius 2 is 2.16 bits per heavy atom. The Bertz CT molecular complexity index is 523. The SMILES string of the molecule is CCCN(CC)CCNc1nc2ccc(N)cc2o1. The molecule has 1 aromatic carbocycles. The fourth-order valence-corrected chi connectivity index (χ4v) is 2.08. The maximum absolute atomic E-state index is 5.71. The van der Waals surface area contributed by atoms with Gasteiger partial charge >= 0.3 is 0 Å². The molecule has 0 spiro atoms. The summed E-state index contributed by atoms with van der Waals surface area (Å²) in [5.41, 5.74) is 7.96. The van der Waals surface area contributed by atoms with Crippen LogP contribution in [-0.2, 0) is 0 Å². The lowest BCUT2D eigenvalue weighted by atomic mass is 10.3. The summed E-state index contributed by atoms with van der Waals surface area (Å²) in [6.45, 7) is 8.39. The third-order valence-electron chi connectivity index (χ3n) is 3.10. The first-order valence-corrected chi connectivity index (χ1v) is 6.85. The fraction of sp³-hybridized carbons (Fsp3) is 0.500. The van der Waals surface area contributed by atoms with Gasteiger partial charge in [-0.1, -0.05) is 13.8 Å². The van der Waals surface area contributed by atoms with E-state index >= 15 is 0 Å². The van der Waals surface area contributed by atoms with Crippen molar-refractivity contribution < 1.29 is 4.42 Å². The van der Waals surface area contributed by atoms with E-state index in [9.17, 15) is 0 Å². The van der Waals surface area contributed by atoms with Crippen molar-refractivity contribution in [3.8, 4) is 0 Å². The van der Waals surface area contributed by atoms with Gasteiger partial charge in [0.1, 0.15) is 5.52 Å². The van der Waals surface area contributed by atoms with Crippen LogP contribution in [0.4, 0.5) is 11.7 Å². The van der Waals surface area contributed by atoms with Gasteiger partial charge in [0, 0.05) is 24.8 Å². The molecule has 3 N–H and O–H groups in total. The molecular weight excluding hydrogens is 240 g/mol. The van der Waals surface area contributed by atoms with Gasteiger partial charge in [0.2, 0.25) is 0 Å². The molecule has 0 radical (unpaired) electrons. The van der Waals surface area contributed by atoms with Crippen LogP contribution < -0.4 is 11.1 Å². The average molecular weight is 262 g/mol. The molecule has 1 heterocycles. The van der Waals surface area contributed by atoms with Gasteiger partial charge in [0.05, 0.1) is 0 Å². The lowest BCUT2D eigenvalue weighted by Gasteiger charge is -2.18. The smallest absolute Gasteiger partial charge is 0.295 e. The zero-order valence-electron chi connectivity index (χ0n) is 11.6. The van der Waals surface area contributed by atoms with E-state index in [-0.39, 0.29) is 0 Å². The number of fused-ring (bicyclic) bond motifs is 1. The number of nitrogen functional groups attached to an aromatic ring is 1. The van der Waals surface area contributed by atoms with Crippen LogP contribution in [-0.4, -0.2) is 36.1 Å². The Labute approximate surface area is 113 Å². The lowest BCUT2D eigenvalue weighted by Crippen LogP contribution is -2.29. The lowest BCUT2D eigenvalue weighted by molar-refractivity contribution is 0.299. The summed E-state index contributed by atoms with van der Waals surface area (Å²) < 4.78 is 5.60. The van der Waals surface area contributed by atoms with Crippen molar-refractivity contribution in [2.24, 2.45) is 0 Å². The number of oxazole rings is 1. The Morgan fingerprint density at radius 1 is 1.32 bits per heavy atom. The highest BCUT2D eigenvalue weighted by Crippen LogP contribution is 2.20. The third-order valence-corrected chi connectivity index (χ3v) is 3.10. The second-order valence-corrected chi connectivity index (χ2v) is 4.61. The minimum Gasteiger partial charge on any atom is -0.423 e. The van der Waals surface area contributed by atoms with Crippen LogP contribution >= 0.6 is 0 Å². The summed E-state index contributed by atoms with van der Waals surface area (Å²) in [5.74, 6) is 0. The Kier molecular flexibility index (Phi) is 4.63. The molecule has 1 aromatic heterocycles. The number of rotatable bonds is 7. The van der Waals surface area contributed by atoms with E-state index in [1.54, 1.807) is 6.07 Å². The summed E-state index contributed by atoms with van der Waals surface area (Å²) in [5, 5.41) is 3.22. The minimum absolute atomic E-state index is 0.563. The summed E-state index contributed by atoms with van der Waals surface area (Å²) in [4.78, 5) is 6.77. The van der Waals surface area contributed by atoms with E-state index in [0.717, 1.165) is 37.3 Å². The van der Waals surface area contributed by atoms with Crippen molar-refractivity contribution in [3.05, 3.63) is 18.2 Å². The number of hydrogen-bond donors (Lipinski definition) is 2. The molecule has 0 saturated heterocycles. The highest BCUT2D eigenvalue weighted by molar-refractivity contribution is 5.78. The van der Waals surface area contributed by atoms with Crippen LogP contribution in [0.2, 0.25) is 0 Å². The fourth-order valence-electron chi connectivity index (χ4n) is 2.08. The van der Waals surface area contributed by atoms with Crippen LogP contribution in [0.25, 0.3) is 11.1 Å². The highest BCUT2D eigenvalue weighted by Gasteiger charge is 2.06. The van der Waals surface area contributed by atoms with Gasteiger partial charge in [-0.05, 0) is 31.6 Å². The molecule has 2 rings (SSSR count). The Hall–Kier alpha value is -1.75. The summed E-state index contributed by atoms with van der Waals surface area (Å²) in [6.07, 6.45) is 1.18. The summed E-state index contributed by atoms with van der Waals surface area (Å²) in [6, 6.07) is 6.06. The second-order valence-electron chi connectivity index (χ2n) is 4.61. The van der Waals surface area contributed by atoms with Gasteiger partial charge in [0.25, 0.3) is 6.01 Å². The number of hydrogen-bond acceptors (Lipinski definition) is 5. The normalized spacial score (nSPS) is 11.3. The van der Waals surface area contributed by atoms with Crippen LogP contribution in [0.3, 0.4) is 0 Å². The van der Waals surface area contributed by atoms with Crippen molar-refractivity contribution in [3.63, 3.8) is 0 Å². The number of nitrogens with two attached hydrogens (primary N) is 1. The van der Waals surface area contributed by atoms with Crippen molar-refractivity contribution in [2.75, 3.05) is 37.2 Å². The topological polar surface area (TPSA) is 67.3 Å². The van der Waals surface area contributed by atoms with Gasteiger partial charge in [-0.2, -0.15) is 4.98 Å². The second kappa shape index (κ2) is 6.43. The zero-order chi connectivity index (χ0) is 13.7. The van der Waals surface area contributed by atoms with E-state index in [1.165, 1.54) is 6.42 Å². The highest BCUT2D eigenvalue weighted by atomic mass is 16.4. The first-order valence-electron chi connectivity index (χ1n) is 6.85. The average Bonchev–Trinajstić information content (AvgIpc) is 2.79. The molecule has 2 aromatic rings. The number of nitrogens with zero attached hydrogens (tertiary/aromatic N) is 2. The molecule has 0 bridgehead atoms. The number of benzene rings is 1. The molecule has 0 amide bonds. The molecule has 0 unspecified atom stereocenters. The van der Waals surface area contributed by atoms with E-state index in [1.807, 2.05) is 12.1 Å². The maximum atomic E-state index is 5.71. The van der Waals surface area contributed by atoms with E-state index in [2.05, 4.69) is 29.0 Å². The molecule has 0 saturated carbocycles. The van der Waals surface area contributed by atoms with Crippen LogP contribution in [0.15, 0.2) is 22.6 Å². The van der Waals surface area contributed by atoms with E-state index in [4.69, 9.17) is 10.2 Å². The molecule has 5 heteroatoms. The molecule has 0 fully saturated rings. The first kappa shape index (κ1) is 13.7. The Morgan fingerprint density at radius 3 is 2.89 bits per heavy atom. The largest absolute Gasteiger partial charge is 0.423 e. The monoisotopic (exact) mass is 262 g/mol. The standard InChI is InChI=1S/C14H22N4O/c1-3-8-18(4-2)9-7-16-14-17-12-6-5-11(15)10-13(12)19-14/h5-6,10H,3-4,7-9,15H2,1-2H3,(H,16,17). The van der Waals surface area contributed by atoms with Crippen LogP contribution in [0, 0.1) is 0 Å². The Balaban J connectivity index is 1.91. The quantitative estimate of drug-likeness (QED) is 0.751. The van der Waals surface area contributed by atoms with Gasteiger partial charge in [-0.15, -0.1) is 0 Å². The molecule has 0 atom stereocenters. The molecule has 104 valence electrons. The minimum atomic E-state index is 0.563. The first-order chi connectivity index (χ1) is 9.22. The van der Waals surface area contributed by atoms with Crippen molar-refractivity contribution >= 4 is 22.8 Å². The van der Waals surface area contributed by atoms with Gasteiger partial charge in [-0.3, -0.25) is 0 Å². The molecular formula is C14H22N4O. The molecule has 0 aliphatic heterocycles. The predicted octanol–water partition coefficient (Wildman–Crippen LogP) is 2.55. The summed E-state index contributed by atoms with van der Waals surface area (Å²) >= 11 is 0. The van der Waals surface area contributed by atoms with E-state index in [0.29, 0.717) is 11.7 Å². The van der Waals surface area contributed by atoms with Gasteiger partial charge < -0.3 is 20.4 Å². The van der Waals surface area contributed by atoms with Gasteiger partial charge in [0.15, 0.2) is 5.58 Å². The number of aromatic nitrogens is 1. The van der Waals surface area contributed by atoms with Gasteiger partial charge in [-0.25, -0.2) is 0 Å². The van der Waals surface area contributed by atoms with Crippen molar-refractivity contribution in [1.82, 2.24) is 9.88 Å². The number of likely N-dealkylation sites (N-methyl/N-ethyl adjacent to an activating group) is 1. The molecule has 5 nitrogen and oxygen atoms in total. The molecule has 0 aliphatic carbocycles. The summed E-state index contributed by atoms with van der Waals surface area (Å²) in [7, 11) is 0. The molecule has 0 aliphatic rings. The van der Waals surface area contributed by atoms with Crippen molar-refractivity contribution in [1.29, 1.82) is 0 Å². The van der Waals surface area contributed by atoms with E-state index < -0.39 is 0 Å². The third kappa shape index (κ3) is 3.61. The maximum Gasteiger partial charge on any atom is 0.295 e. The number of nitrogens with one attached hydrogen (secondary N) is 1. The predicted molar refractivity (Wildman–Crippen MR) is 79.3 cm³/mol. The molecule has 19 heavy (non-hydrogen) atoms.